The lowest BCUT2D eigenvalue weighted by atomic mass is 10.0. The molecule has 1 aromatic carbocycles. The monoisotopic (exact) mass is 372 g/mol. The van der Waals surface area contributed by atoms with Crippen molar-refractivity contribution in [2.24, 2.45) is 17.8 Å². The van der Waals surface area contributed by atoms with Gasteiger partial charge in [-0.1, -0.05) is 38.3 Å². The second kappa shape index (κ2) is 4.82. The molecule has 1 aromatic rings. The molecule has 0 aliphatic heterocycles. The number of aryl methyl sites for hydroxylation is 1. The summed E-state index contributed by atoms with van der Waals surface area (Å²) < 4.78 is 6.73. The molecule has 0 spiro atoms. The Kier molecular flexibility index (Phi) is 3.48. The van der Waals surface area contributed by atoms with E-state index in [2.05, 4.69) is 50.9 Å². The van der Waals surface area contributed by atoms with E-state index < -0.39 is 0 Å². The van der Waals surface area contributed by atoms with E-state index in [4.69, 9.17) is 4.74 Å². The van der Waals surface area contributed by atoms with Crippen LogP contribution in [0.15, 0.2) is 16.6 Å². The number of rotatable bonds is 3. The molecule has 98 valence electrons. The molecule has 2 fully saturated rings. The van der Waals surface area contributed by atoms with E-state index in [9.17, 15) is 0 Å². The third-order valence-corrected chi connectivity index (χ3v) is 6.58. The number of alkyl halides is 1. The maximum absolute atomic E-state index is 5.55. The van der Waals surface area contributed by atoms with Gasteiger partial charge in [0.05, 0.1) is 7.11 Å². The van der Waals surface area contributed by atoms with Crippen LogP contribution >= 0.6 is 31.9 Å². The predicted octanol–water partition coefficient (Wildman–Crippen LogP) is 5.25. The molecule has 2 aliphatic rings. The first-order valence-electron chi connectivity index (χ1n) is 6.61. The number of halogens is 2. The van der Waals surface area contributed by atoms with Crippen molar-refractivity contribution in [1.29, 1.82) is 0 Å². The number of benzene rings is 1. The largest absolute Gasteiger partial charge is 0.496 e. The molecular formula is C15H18Br2O. The lowest BCUT2D eigenvalue weighted by Gasteiger charge is -2.17. The van der Waals surface area contributed by atoms with Gasteiger partial charge < -0.3 is 4.74 Å². The smallest absolute Gasteiger partial charge is 0.123 e. The highest BCUT2D eigenvalue weighted by Gasteiger charge is 2.55. The zero-order valence-electron chi connectivity index (χ0n) is 10.7. The number of hydrogen-bond donors (Lipinski definition) is 0. The van der Waals surface area contributed by atoms with E-state index in [1.807, 2.05) is 0 Å². The van der Waals surface area contributed by atoms with Crippen LogP contribution in [-0.2, 0) is 0 Å². The average Bonchev–Trinajstić information content (AvgIpc) is 2.84. The minimum atomic E-state index is 0.444. The Bertz CT molecular complexity index is 462. The normalized spacial score (nSPS) is 31.0. The van der Waals surface area contributed by atoms with E-state index in [0.717, 1.165) is 23.5 Å². The highest BCUT2D eigenvalue weighted by atomic mass is 79.9. The van der Waals surface area contributed by atoms with E-state index in [0.29, 0.717) is 4.83 Å². The summed E-state index contributed by atoms with van der Waals surface area (Å²) in [6, 6.07) is 4.35. The van der Waals surface area contributed by atoms with E-state index in [1.54, 1.807) is 7.11 Å². The number of ether oxygens (including phenoxy) is 1. The Hall–Kier alpha value is -0.0200. The Labute approximate surface area is 126 Å². The first-order chi connectivity index (χ1) is 8.63. The van der Waals surface area contributed by atoms with Crippen LogP contribution in [0.2, 0.25) is 0 Å². The molecule has 0 bridgehead atoms. The molecule has 0 amide bonds. The maximum Gasteiger partial charge on any atom is 0.123 e. The first-order valence-corrected chi connectivity index (χ1v) is 8.32. The minimum absolute atomic E-state index is 0.444. The van der Waals surface area contributed by atoms with Crippen LogP contribution in [0.1, 0.15) is 35.2 Å². The van der Waals surface area contributed by atoms with Crippen molar-refractivity contribution in [3.05, 3.63) is 27.7 Å². The fourth-order valence-corrected chi connectivity index (χ4v) is 5.08. The Morgan fingerprint density at radius 3 is 2.56 bits per heavy atom. The highest BCUT2D eigenvalue weighted by molar-refractivity contribution is 9.10. The molecule has 18 heavy (non-hydrogen) atoms. The fraction of sp³-hybridized carbons (Fsp3) is 0.600. The summed E-state index contributed by atoms with van der Waals surface area (Å²) >= 11 is 7.55. The van der Waals surface area contributed by atoms with Crippen LogP contribution in [0.25, 0.3) is 0 Å². The van der Waals surface area contributed by atoms with Gasteiger partial charge in [0.2, 0.25) is 0 Å². The summed E-state index contributed by atoms with van der Waals surface area (Å²) in [6.45, 7) is 2.10. The number of methoxy groups -OCH3 is 1. The van der Waals surface area contributed by atoms with Gasteiger partial charge in [-0.05, 0) is 55.2 Å². The quantitative estimate of drug-likeness (QED) is 0.657. The highest BCUT2D eigenvalue weighted by Crippen LogP contribution is 2.65. The summed E-state index contributed by atoms with van der Waals surface area (Å²) in [5, 5.41) is 0. The Morgan fingerprint density at radius 2 is 1.94 bits per heavy atom. The molecule has 3 heteroatoms. The van der Waals surface area contributed by atoms with Crippen molar-refractivity contribution in [1.82, 2.24) is 0 Å². The van der Waals surface area contributed by atoms with Crippen molar-refractivity contribution in [2.75, 3.05) is 7.11 Å². The molecule has 2 saturated carbocycles. The Morgan fingerprint density at radius 1 is 1.28 bits per heavy atom. The average molecular weight is 374 g/mol. The zero-order chi connectivity index (χ0) is 12.9. The van der Waals surface area contributed by atoms with Crippen molar-refractivity contribution in [3.8, 4) is 5.75 Å². The van der Waals surface area contributed by atoms with Crippen molar-refractivity contribution >= 4 is 31.9 Å². The van der Waals surface area contributed by atoms with Crippen molar-refractivity contribution in [2.45, 2.75) is 31.0 Å². The Balaban J connectivity index is 1.89. The van der Waals surface area contributed by atoms with Gasteiger partial charge in [0.15, 0.2) is 0 Å². The molecule has 0 heterocycles. The lowest BCUT2D eigenvalue weighted by molar-refractivity contribution is 0.406. The lowest BCUT2D eigenvalue weighted by Crippen LogP contribution is -2.02. The molecular weight excluding hydrogens is 356 g/mol. The SMILES string of the molecule is COc1cc(C)c(Br)cc1C(Br)C1C2CCCC21. The second-order valence-electron chi connectivity index (χ2n) is 5.58. The van der Waals surface area contributed by atoms with Gasteiger partial charge in [-0.15, -0.1) is 0 Å². The van der Waals surface area contributed by atoms with Crippen LogP contribution in [0.4, 0.5) is 0 Å². The number of hydrogen-bond acceptors (Lipinski definition) is 1. The fourth-order valence-electron chi connectivity index (χ4n) is 3.58. The topological polar surface area (TPSA) is 9.23 Å². The zero-order valence-corrected chi connectivity index (χ0v) is 13.9. The van der Waals surface area contributed by atoms with Gasteiger partial charge in [-0.25, -0.2) is 0 Å². The van der Waals surface area contributed by atoms with Gasteiger partial charge in [0.1, 0.15) is 5.75 Å². The van der Waals surface area contributed by atoms with Crippen molar-refractivity contribution in [3.63, 3.8) is 0 Å². The molecule has 3 unspecified atom stereocenters. The van der Waals surface area contributed by atoms with E-state index in [-0.39, 0.29) is 0 Å². The van der Waals surface area contributed by atoms with Gasteiger partial charge in [-0.3, -0.25) is 0 Å². The standard InChI is InChI=1S/C15H18Br2O/c1-8-6-13(18-2)11(7-12(8)16)15(17)14-9-4-3-5-10(9)14/h6-7,9-10,14-15H,3-5H2,1-2H3. The van der Waals surface area contributed by atoms with Gasteiger partial charge in [0.25, 0.3) is 0 Å². The minimum Gasteiger partial charge on any atom is -0.496 e. The summed E-state index contributed by atoms with van der Waals surface area (Å²) in [5.41, 5.74) is 2.53. The summed E-state index contributed by atoms with van der Waals surface area (Å²) in [5.74, 6) is 3.75. The molecule has 0 N–H and O–H groups in total. The molecule has 3 rings (SSSR count). The first kappa shape index (κ1) is 13.0. The molecule has 0 saturated heterocycles. The van der Waals surface area contributed by atoms with E-state index in [1.165, 1.54) is 34.9 Å². The molecule has 0 radical (unpaired) electrons. The van der Waals surface area contributed by atoms with E-state index >= 15 is 0 Å². The van der Waals surface area contributed by atoms with Gasteiger partial charge in [-0.2, -0.15) is 0 Å². The molecule has 3 atom stereocenters. The summed E-state index contributed by atoms with van der Waals surface area (Å²) in [4.78, 5) is 0.444. The summed E-state index contributed by atoms with van der Waals surface area (Å²) in [7, 11) is 1.76. The third-order valence-electron chi connectivity index (χ3n) is 4.62. The molecule has 0 aromatic heterocycles. The maximum atomic E-state index is 5.55. The second-order valence-corrected chi connectivity index (χ2v) is 7.42. The van der Waals surface area contributed by atoms with Crippen LogP contribution < -0.4 is 4.74 Å². The number of fused-ring (bicyclic) bond motifs is 1. The molecule has 2 aliphatic carbocycles. The van der Waals surface area contributed by atoms with Gasteiger partial charge in [0, 0.05) is 14.9 Å². The van der Waals surface area contributed by atoms with Crippen LogP contribution in [0.5, 0.6) is 5.75 Å². The van der Waals surface area contributed by atoms with Crippen LogP contribution in [0.3, 0.4) is 0 Å². The van der Waals surface area contributed by atoms with Crippen LogP contribution in [0, 0.1) is 24.7 Å². The summed E-state index contributed by atoms with van der Waals surface area (Å²) in [6.07, 6.45) is 4.28. The van der Waals surface area contributed by atoms with Crippen molar-refractivity contribution < 1.29 is 4.74 Å². The molecule has 1 nitrogen and oxygen atoms in total. The van der Waals surface area contributed by atoms with Gasteiger partial charge >= 0.3 is 0 Å². The third kappa shape index (κ3) is 2.03. The van der Waals surface area contributed by atoms with Crippen LogP contribution in [-0.4, -0.2) is 7.11 Å². The predicted molar refractivity (Wildman–Crippen MR) is 81.4 cm³/mol.